The Bertz CT molecular complexity index is 1120. The Hall–Kier alpha value is -1.85. The van der Waals surface area contributed by atoms with Crippen LogP contribution < -0.4 is 0 Å². The number of hydrogen-bond acceptors (Lipinski definition) is 6. The van der Waals surface area contributed by atoms with Crippen molar-refractivity contribution in [3.63, 3.8) is 0 Å². The van der Waals surface area contributed by atoms with E-state index in [9.17, 15) is 14.4 Å². The normalized spacial score (nSPS) is 12.0. The fraction of sp³-hybridized carbons (Fsp3) is 0.924. The third kappa shape index (κ3) is 59.0. The predicted molar refractivity (Wildman–Crippen MR) is 312 cm³/mol. The molecular weight excluding hydrogens is 889 g/mol. The Kier molecular flexibility index (Phi) is 60.1. The summed E-state index contributed by atoms with van der Waals surface area (Å²) in [5, 5.41) is 0. The molecule has 0 fully saturated rings. The van der Waals surface area contributed by atoms with Crippen LogP contribution in [0.2, 0.25) is 0 Å². The fourth-order valence-electron chi connectivity index (χ4n) is 10.1. The van der Waals surface area contributed by atoms with E-state index in [-0.39, 0.29) is 31.1 Å². The van der Waals surface area contributed by atoms with Gasteiger partial charge in [0.2, 0.25) is 0 Å². The molecule has 1 atom stereocenters. The summed E-state index contributed by atoms with van der Waals surface area (Å²) < 4.78 is 16.9. The lowest BCUT2D eigenvalue weighted by Gasteiger charge is -2.18. The molecule has 0 aromatic rings. The molecule has 0 aromatic heterocycles. The second-order valence-corrected chi connectivity index (χ2v) is 22.4. The first-order valence-corrected chi connectivity index (χ1v) is 32.7. The highest BCUT2D eigenvalue weighted by Gasteiger charge is 2.19. The quantitative estimate of drug-likeness (QED) is 0.0261. The van der Waals surface area contributed by atoms with Crippen LogP contribution in [0, 0.1) is 0 Å². The van der Waals surface area contributed by atoms with Gasteiger partial charge in [0.25, 0.3) is 0 Å². The molecule has 0 bridgehead atoms. The van der Waals surface area contributed by atoms with Crippen LogP contribution >= 0.6 is 0 Å². The van der Waals surface area contributed by atoms with E-state index in [1.807, 2.05) is 0 Å². The molecule has 0 amide bonds. The minimum absolute atomic E-state index is 0.0660. The summed E-state index contributed by atoms with van der Waals surface area (Å²) in [6.07, 6.45) is 72.3. The molecule has 0 aromatic carbocycles. The van der Waals surface area contributed by atoms with E-state index >= 15 is 0 Å². The monoisotopic (exact) mass is 1010 g/mol. The van der Waals surface area contributed by atoms with Crippen molar-refractivity contribution >= 4 is 17.9 Å². The molecule has 6 nitrogen and oxygen atoms in total. The zero-order valence-corrected chi connectivity index (χ0v) is 49.0. The summed E-state index contributed by atoms with van der Waals surface area (Å²) >= 11 is 0. The molecule has 0 N–H and O–H groups in total. The Labute approximate surface area is 450 Å². The second kappa shape index (κ2) is 61.7. The van der Waals surface area contributed by atoms with Gasteiger partial charge >= 0.3 is 17.9 Å². The maximum Gasteiger partial charge on any atom is 0.306 e. The zero-order valence-electron chi connectivity index (χ0n) is 49.0. The van der Waals surface area contributed by atoms with Gasteiger partial charge in [-0.25, -0.2) is 0 Å². The third-order valence-corrected chi connectivity index (χ3v) is 15.0. The highest BCUT2D eigenvalue weighted by molar-refractivity contribution is 5.71. The first-order valence-electron chi connectivity index (χ1n) is 32.7. The first-order chi connectivity index (χ1) is 35.5. The molecule has 6 heteroatoms. The highest BCUT2D eigenvalue weighted by Crippen LogP contribution is 2.18. The van der Waals surface area contributed by atoms with Gasteiger partial charge in [-0.3, -0.25) is 14.4 Å². The van der Waals surface area contributed by atoms with Crippen molar-refractivity contribution in [1.82, 2.24) is 0 Å². The third-order valence-electron chi connectivity index (χ3n) is 15.0. The molecule has 0 aliphatic rings. The lowest BCUT2D eigenvalue weighted by atomic mass is 10.0. The maximum absolute atomic E-state index is 12.9. The molecule has 0 radical (unpaired) electrons. The van der Waals surface area contributed by atoms with Crippen LogP contribution in [0.3, 0.4) is 0 Å². The van der Waals surface area contributed by atoms with Crippen LogP contribution in [-0.2, 0) is 28.6 Å². The van der Waals surface area contributed by atoms with Gasteiger partial charge in [-0.2, -0.15) is 0 Å². The zero-order chi connectivity index (χ0) is 52.2. The number of unbranched alkanes of at least 4 members (excludes halogenated alkanes) is 48. The van der Waals surface area contributed by atoms with E-state index in [1.165, 1.54) is 270 Å². The maximum atomic E-state index is 12.9. The van der Waals surface area contributed by atoms with Gasteiger partial charge in [0, 0.05) is 19.3 Å². The summed E-state index contributed by atoms with van der Waals surface area (Å²) in [5.74, 6) is -0.845. The summed E-state index contributed by atoms with van der Waals surface area (Å²) in [7, 11) is 0. The number of hydrogen-bond donors (Lipinski definition) is 0. The standard InChI is InChI=1S/C66H126O6/c1-4-7-10-13-16-19-22-25-27-29-31-33-35-37-39-41-44-47-50-53-56-59-65(68)71-62-63(61-70-64(67)58-55-52-49-46-43-24-21-18-15-12-9-6-3)72-66(69)60-57-54-51-48-45-42-40-38-36-34-32-30-28-26-23-20-17-14-11-8-5-2/h18,21,63H,4-17,19-20,22-62H2,1-3H3/b21-18-. The summed E-state index contributed by atoms with van der Waals surface area (Å²) in [5.41, 5.74) is 0. The van der Waals surface area contributed by atoms with Crippen LogP contribution in [0.4, 0.5) is 0 Å². The summed E-state index contributed by atoms with van der Waals surface area (Å²) in [4.78, 5) is 38.3. The van der Waals surface area contributed by atoms with Crippen LogP contribution in [-0.4, -0.2) is 37.2 Å². The highest BCUT2D eigenvalue weighted by atomic mass is 16.6. The summed E-state index contributed by atoms with van der Waals surface area (Å²) in [6, 6.07) is 0. The van der Waals surface area contributed by atoms with Crippen molar-refractivity contribution in [2.45, 2.75) is 380 Å². The van der Waals surface area contributed by atoms with Crippen LogP contribution in [0.5, 0.6) is 0 Å². The second-order valence-electron chi connectivity index (χ2n) is 22.4. The van der Waals surface area contributed by atoms with Gasteiger partial charge in [0.15, 0.2) is 6.10 Å². The smallest absolute Gasteiger partial charge is 0.306 e. The number of ether oxygens (including phenoxy) is 3. The molecule has 0 aliphatic carbocycles. The number of rotatable bonds is 61. The molecule has 0 spiro atoms. The molecule has 426 valence electrons. The fourth-order valence-corrected chi connectivity index (χ4v) is 10.1. The molecule has 0 aliphatic heterocycles. The Morgan fingerprint density at radius 3 is 0.722 bits per heavy atom. The minimum atomic E-state index is -0.768. The summed E-state index contributed by atoms with van der Waals surface area (Å²) in [6.45, 7) is 6.69. The molecule has 0 rings (SSSR count). The lowest BCUT2D eigenvalue weighted by molar-refractivity contribution is -0.167. The van der Waals surface area contributed by atoms with Crippen LogP contribution in [0.25, 0.3) is 0 Å². The van der Waals surface area contributed by atoms with Crippen molar-refractivity contribution in [1.29, 1.82) is 0 Å². The van der Waals surface area contributed by atoms with Gasteiger partial charge in [0.1, 0.15) is 13.2 Å². The number of allylic oxidation sites excluding steroid dienone is 2. The van der Waals surface area contributed by atoms with Gasteiger partial charge in [-0.15, -0.1) is 0 Å². The van der Waals surface area contributed by atoms with Crippen LogP contribution in [0.15, 0.2) is 12.2 Å². The van der Waals surface area contributed by atoms with E-state index in [2.05, 4.69) is 32.9 Å². The molecule has 1 unspecified atom stereocenters. The van der Waals surface area contributed by atoms with Crippen molar-refractivity contribution in [3.05, 3.63) is 12.2 Å². The Morgan fingerprint density at radius 1 is 0.264 bits per heavy atom. The van der Waals surface area contributed by atoms with Gasteiger partial charge < -0.3 is 14.2 Å². The molecular formula is C66H126O6. The molecule has 0 saturated carbocycles. The largest absolute Gasteiger partial charge is 0.462 e. The topological polar surface area (TPSA) is 78.9 Å². The van der Waals surface area contributed by atoms with E-state index in [1.54, 1.807) is 0 Å². The SMILES string of the molecule is CCCCC/C=C\CCCCCCCC(=O)OCC(COC(=O)CCCCCCCCCCCCCCCCCCCCCCC)OC(=O)CCCCCCCCCCCCCCCCCCCCCCC. The van der Waals surface area contributed by atoms with E-state index in [4.69, 9.17) is 14.2 Å². The Balaban J connectivity index is 4.23. The van der Waals surface area contributed by atoms with Gasteiger partial charge in [0.05, 0.1) is 0 Å². The molecule has 0 saturated heterocycles. The first kappa shape index (κ1) is 70.1. The number of esters is 3. The number of carbonyl (C=O) groups is 3. The Morgan fingerprint density at radius 2 is 0.458 bits per heavy atom. The average molecular weight is 1020 g/mol. The van der Waals surface area contributed by atoms with Crippen LogP contribution in [0.1, 0.15) is 374 Å². The average Bonchev–Trinajstić information content (AvgIpc) is 3.38. The van der Waals surface area contributed by atoms with Crippen molar-refractivity contribution < 1.29 is 28.6 Å². The van der Waals surface area contributed by atoms with E-state index < -0.39 is 6.10 Å². The predicted octanol–water partition coefficient (Wildman–Crippen LogP) is 22.1. The minimum Gasteiger partial charge on any atom is -0.462 e. The molecule has 72 heavy (non-hydrogen) atoms. The van der Waals surface area contributed by atoms with Crippen molar-refractivity contribution in [2.24, 2.45) is 0 Å². The van der Waals surface area contributed by atoms with E-state index in [0.717, 1.165) is 64.2 Å². The lowest BCUT2D eigenvalue weighted by Crippen LogP contribution is -2.30. The van der Waals surface area contributed by atoms with Crippen molar-refractivity contribution in [2.75, 3.05) is 13.2 Å². The van der Waals surface area contributed by atoms with E-state index in [0.29, 0.717) is 19.3 Å². The molecule has 0 heterocycles. The number of carbonyl (C=O) groups excluding carboxylic acids is 3. The van der Waals surface area contributed by atoms with Gasteiger partial charge in [-0.1, -0.05) is 322 Å². The van der Waals surface area contributed by atoms with Crippen molar-refractivity contribution in [3.8, 4) is 0 Å². The van der Waals surface area contributed by atoms with Gasteiger partial charge in [-0.05, 0) is 44.9 Å².